The second-order valence-electron chi connectivity index (χ2n) is 5.56. The minimum absolute atomic E-state index is 0.180. The van der Waals surface area contributed by atoms with Crippen molar-refractivity contribution in [2.75, 3.05) is 32.7 Å². The number of nitrogens with one attached hydrogen (secondary N) is 2. The molecule has 0 aromatic rings. The molecule has 0 atom stereocenters. The molecule has 1 fully saturated rings. The van der Waals surface area contributed by atoms with Crippen LogP contribution in [0.4, 0.5) is 0 Å². The molecule has 1 aliphatic heterocycles. The number of rotatable bonds is 7. The first kappa shape index (κ1) is 15.4. The van der Waals surface area contributed by atoms with Crippen LogP contribution in [0.1, 0.15) is 40.0 Å². The molecule has 0 spiro atoms. The summed E-state index contributed by atoms with van der Waals surface area (Å²) in [6, 6.07) is 0.253. The van der Waals surface area contributed by atoms with Crippen LogP contribution in [0.3, 0.4) is 0 Å². The Morgan fingerprint density at radius 3 is 2.56 bits per heavy atom. The molecule has 1 heterocycles. The molecule has 4 heteroatoms. The predicted molar refractivity (Wildman–Crippen MR) is 75.6 cm³/mol. The summed E-state index contributed by atoms with van der Waals surface area (Å²) in [5.74, 6) is 1.01. The van der Waals surface area contributed by atoms with Crippen LogP contribution in [0.2, 0.25) is 0 Å². The highest BCUT2D eigenvalue weighted by atomic mass is 16.1. The molecule has 106 valence electrons. The van der Waals surface area contributed by atoms with E-state index in [9.17, 15) is 4.79 Å². The van der Waals surface area contributed by atoms with Gasteiger partial charge in [-0.25, -0.2) is 0 Å². The lowest BCUT2D eigenvalue weighted by Crippen LogP contribution is -2.39. The Kier molecular flexibility index (Phi) is 7.28. The monoisotopic (exact) mass is 255 g/mol. The summed E-state index contributed by atoms with van der Waals surface area (Å²) < 4.78 is 0. The lowest BCUT2D eigenvalue weighted by molar-refractivity contribution is -0.122. The lowest BCUT2D eigenvalue weighted by atomic mass is 9.96. The van der Waals surface area contributed by atoms with Gasteiger partial charge in [-0.2, -0.15) is 0 Å². The molecule has 0 unspecified atom stereocenters. The van der Waals surface area contributed by atoms with Gasteiger partial charge in [0.1, 0.15) is 0 Å². The lowest BCUT2D eigenvalue weighted by Gasteiger charge is -2.31. The molecule has 1 saturated heterocycles. The topological polar surface area (TPSA) is 44.4 Å². The van der Waals surface area contributed by atoms with Crippen LogP contribution in [0.15, 0.2) is 0 Å². The van der Waals surface area contributed by atoms with Crippen molar-refractivity contribution in [1.29, 1.82) is 0 Å². The van der Waals surface area contributed by atoms with E-state index in [2.05, 4.69) is 22.5 Å². The highest BCUT2D eigenvalue weighted by Crippen LogP contribution is 2.16. The molecule has 0 aromatic heterocycles. The first-order valence-corrected chi connectivity index (χ1v) is 7.34. The summed E-state index contributed by atoms with van der Waals surface area (Å²) in [6.45, 7) is 11.6. The fourth-order valence-corrected chi connectivity index (χ4v) is 2.42. The van der Waals surface area contributed by atoms with Crippen molar-refractivity contribution in [3.63, 3.8) is 0 Å². The Morgan fingerprint density at radius 1 is 1.33 bits per heavy atom. The maximum atomic E-state index is 11.6. The quantitative estimate of drug-likeness (QED) is 0.719. The average Bonchev–Trinajstić information content (AvgIpc) is 2.34. The Morgan fingerprint density at radius 2 is 2.00 bits per heavy atom. The van der Waals surface area contributed by atoms with E-state index in [4.69, 9.17) is 0 Å². The summed E-state index contributed by atoms with van der Waals surface area (Å²) in [7, 11) is 0. The molecule has 0 aromatic carbocycles. The molecule has 4 nitrogen and oxygen atoms in total. The van der Waals surface area contributed by atoms with Crippen molar-refractivity contribution in [3.05, 3.63) is 0 Å². The zero-order valence-electron chi connectivity index (χ0n) is 12.2. The average molecular weight is 255 g/mol. The zero-order valence-corrected chi connectivity index (χ0v) is 12.2. The van der Waals surface area contributed by atoms with Crippen molar-refractivity contribution in [3.8, 4) is 0 Å². The SMILES string of the molecule is CCNCC1CCN(CCC(=O)NC(C)C)CC1. The van der Waals surface area contributed by atoms with Gasteiger partial charge in [0.05, 0.1) is 0 Å². The van der Waals surface area contributed by atoms with Crippen molar-refractivity contribution in [2.45, 2.75) is 46.1 Å². The number of piperidine rings is 1. The van der Waals surface area contributed by atoms with Crippen LogP contribution in [-0.2, 0) is 4.79 Å². The van der Waals surface area contributed by atoms with E-state index in [0.717, 1.165) is 38.6 Å². The fraction of sp³-hybridized carbons (Fsp3) is 0.929. The molecule has 1 amide bonds. The maximum Gasteiger partial charge on any atom is 0.221 e. The second kappa shape index (κ2) is 8.48. The van der Waals surface area contributed by atoms with Gasteiger partial charge in [-0.3, -0.25) is 4.79 Å². The largest absolute Gasteiger partial charge is 0.354 e. The third-order valence-corrected chi connectivity index (χ3v) is 3.49. The number of likely N-dealkylation sites (tertiary alicyclic amines) is 1. The first-order chi connectivity index (χ1) is 8.61. The molecule has 2 N–H and O–H groups in total. The van der Waals surface area contributed by atoms with Gasteiger partial charge < -0.3 is 15.5 Å². The highest BCUT2D eigenvalue weighted by molar-refractivity contribution is 5.76. The number of carbonyl (C=O) groups is 1. The minimum atomic E-state index is 0.180. The number of hydrogen-bond donors (Lipinski definition) is 2. The van der Waals surface area contributed by atoms with Gasteiger partial charge in [-0.05, 0) is 58.8 Å². The van der Waals surface area contributed by atoms with Crippen LogP contribution in [0.25, 0.3) is 0 Å². The molecule has 1 aliphatic rings. The first-order valence-electron chi connectivity index (χ1n) is 7.34. The summed E-state index contributed by atoms with van der Waals surface area (Å²) in [4.78, 5) is 14.0. The maximum absolute atomic E-state index is 11.6. The van der Waals surface area contributed by atoms with Crippen LogP contribution >= 0.6 is 0 Å². The van der Waals surface area contributed by atoms with Gasteiger partial charge in [-0.1, -0.05) is 6.92 Å². The van der Waals surface area contributed by atoms with Crippen molar-refractivity contribution in [2.24, 2.45) is 5.92 Å². The van der Waals surface area contributed by atoms with E-state index in [1.54, 1.807) is 0 Å². The Balaban J connectivity index is 2.10. The minimum Gasteiger partial charge on any atom is -0.354 e. The van der Waals surface area contributed by atoms with E-state index in [1.807, 2.05) is 13.8 Å². The van der Waals surface area contributed by atoms with Gasteiger partial charge in [0.15, 0.2) is 0 Å². The van der Waals surface area contributed by atoms with E-state index >= 15 is 0 Å². The molecule has 0 saturated carbocycles. The van der Waals surface area contributed by atoms with E-state index in [-0.39, 0.29) is 11.9 Å². The van der Waals surface area contributed by atoms with Crippen LogP contribution in [-0.4, -0.2) is 49.6 Å². The van der Waals surface area contributed by atoms with Crippen molar-refractivity contribution >= 4 is 5.91 Å². The second-order valence-corrected chi connectivity index (χ2v) is 5.56. The van der Waals surface area contributed by atoms with Crippen molar-refractivity contribution in [1.82, 2.24) is 15.5 Å². The fourth-order valence-electron chi connectivity index (χ4n) is 2.42. The van der Waals surface area contributed by atoms with Gasteiger partial charge in [0.2, 0.25) is 5.91 Å². The molecule has 0 radical (unpaired) electrons. The standard InChI is InChI=1S/C14H29N3O/c1-4-15-11-13-5-8-17(9-6-13)10-7-14(18)16-12(2)3/h12-13,15H,4-11H2,1-3H3,(H,16,18). The van der Waals surface area contributed by atoms with E-state index in [0.29, 0.717) is 6.42 Å². The molecule has 1 rings (SSSR count). The van der Waals surface area contributed by atoms with E-state index < -0.39 is 0 Å². The predicted octanol–water partition coefficient (Wildman–Crippen LogP) is 1.22. The Labute approximate surface area is 111 Å². The molecular formula is C14H29N3O. The zero-order chi connectivity index (χ0) is 13.4. The number of amides is 1. The van der Waals surface area contributed by atoms with Crippen LogP contribution in [0, 0.1) is 5.92 Å². The number of hydrogen-bond acceptors (Lipinski definition) is 3. The number of carbonyl (C=O) groups excluding carboxylic acids is 1. The van der Waals surface area contributed by atoms with Crippen LogP contribution < -0.4 is 10.6 Å². The third kappa shape index (κ3) is 6.36. The number of nitrogens with zero attached hydrogens (tertiary/aromatic N) is 1. The van der Waals surface area contributed by atoms with Gasteiger partial charge in [0.25, 0.3) is 0 Å². The Bertz CT molecular complexity index is 235. The molecule has 0 bridgehead atoms. The molecule has 18 heavy (non-hydrogen) atoms. The summed E-state index contributed by atoms with van der Waals surface area (Å²) in [6.07, 6.45) is 3.16. The van der Waals surface area contributed by atoms with Gasteiger partial charge in [0, 0.05) is 19.0 Å². The highest BCUT2D eigenvalue weighted by Gasteiger charge is 2.19. The molecular weight excluding hydrogens is 226 g/mol. The van der Waals surface area contributed by atoms with Crippen LogP contribution in [0.5, 0.6) is 0 Å². The summed E-state index contributed by atoms with van der Waals surface area (Å²) in [5.41, 5.74) is 0. The summed E-state index contributed by atoms with van der Waals surface area (Å²) >= 11 is 0. The third-order valence-electron chi connectivity index (χ3n) is 3.49. The van der Waals surface area contributed by atoms with Gasteiger partial charge >= 0.3 is 0 Å². The normalized spacial score (nSPS) is 18.2. The van der Waals surface area contributed by atoms with Crippen molar-refractivity contribution < 1.29 is 4.79 Å². The van der Waals surface area contributed by atoms with E-state index in [1.165, 1.54) is 12.8 Å². The smallest absolute Gasteiger partial charge is 0.221 e. The molecule has 0 aliphatic carbocycles. The Hall–Kier alpha value is -0.610. The van der Waals surface area contributed by atoms with Gasteiger partial charge in [-0.15, -0.1) is 0 Å². The summed E-state index contributed by atoms with van der Waals surface area (Å²) in [5, 5.41) is 6.37.